The quantitative estimate of drug-likeness (QED) is 0.592. The smallest absolute Gasteiger partial charge is 0.225 e. The van der Waals surface area contributed by atoms with Crippen molar-refractivity contribution < 1.29 is 8.78 Å². The predicted octanol–water partition coefficient (Wildman–Crippen LogP) is 5.44. The van der Waals surface area contributed by atoms with Gasteiger partial charge >= 0.3 is 0 Å². The zero-order valence-electron chi connectivity index (χ0n) is 10.5. The van der Waals surface area contributed by atoms with Gasteiger partial charge in [-0.25, -0.2) is 13.8 Å². The maximum absolute atomic E-state index is 13.9. The van der Waals surface area contributed by atoms with Crippen LogP contribution in [0, 0.1) is 18.6 Å². The molecule has 0 spiro atoms. The fourth-order valence-electron chi connectivity index (χ4n) is 1.89. The molecule has 1 aromatic carbocycles. The summed E-state index contributed by atoms with van der Waals surface area (Å²) in [4.78, 5) is 9.78. The molecule has 3 aromatic rings. The largest absolute Gasteiger partial charge is 0.335 e. The highest BCUT2D eigenvalue weighted by molar-refractivity contribution is 9.10. The Labute approximate surface area is 136 Å². The monoisotopic (exact) mass is 389 g/mol. The van der Waals surface area contributed by atoms with Gasteiger partial charge in [0.05, 0.1) is 5.39 Å². The van der Waals surface area contributed by atoms with Gasteiger partial charge in [0.2, 0.25) is 5.28 Å². The first kappa shape index (κ1) is 14.6. The van der Waals surface area contributed by atoms with Gasteiger partial charge in [-0.15, -0.1) is 11.3 Å². The Hall–Kier alpha value is -1.31. The third-order valence-electron chi connectivity index (χ3n) is 2.74. The molecule has 3 rings (SSSR count). The summed E-state index contributed by atoms with van der Waals surface area (Å²) in [5.41, 5.74) is -0.280. The van der Waals surface area contributed by atoms with Gasteiger partial charge in [0.1, 0.15) is 16.3 Å². The van der Waals surface area contributed by atoms with Crippen molar-refractivity contribution in [3.05, 3.63) is 44.5 Å². The van der Waals surface area contributed by atoms with Gasteiger partial charge in [0.25, 0.3) is 0 Å². The number of hydrogen-bond acceptors (Lipinski definition) is 4. The summed E-state index contributed by atoms with van der Waals surface area (Å²) in [5.74, 6) is -1.18. The molecule has 108 valence electrons. The molecule has 0 bridgehead atoms. The number of thiophene rings is 1. The summed E-state index contributed by atoms with van der Waals surface area (Å²) in [6.45, 7) is 1.91. The number of benzene rings is 1. The molecule has 2 heterocycles. The summed E-state index contributed by atoms with van der Waals surface area (Å²) < 4.78 is 28.1. The molecule has 0 amide bonds. The van der Waals surface area contributed by atoms with E-state index in [4.69, 9.17) is 11.6 Å². The molecule has 0 saturated carbocycles. The number of nitrogens with zero attached hydrogens (tertiary/aromatic N) is 2. The standard InChI is InChI=1S/C13H7BrClF2N3S/c1-5-2-7-11(19-13(15)20-12(7)21-5)18-10-8(16)3-6(14)4-9(10)17/h2-4H,1H3,(H,18,19,20). The lowest BCUT2D eigenvalue weighted by Gasteiger charge is -2.09. The summed E-state index contributed by atoms with van der Waals surface area (Å²) in [5, 5.41) is 3.35. The minimum absolute atomic E-state index is 0.0183. The molecule has 0 aliphatic carbocycles. The Kier molecular flexibility index (Phi) is 3.81. The van der Waals surface area contributed by atoms with Crippen LogP contribution in [0.3, 0.4) is 0 Å². The topological polar surface area (TPSA) is 37.8 Å². The normalized spacial score (nSPS) is 11.1. The summed E-state index contributed by atoms with van der Waals surface area (Å²) in [6.07, 6.45) is 0. The van der Waals surface area contributed by atoms with Crippen molar-refractivity contribution in [2.75, 3.05) is 5.32 Å². The van der Waals surface area contributed by atoms with Crippen LogP contribution >= 0.6 is 38.9 Å². The molecule has 0 aliphatic heterocycles. The Balaban J connectivity index is 2.14. The van der Waals surface area contributed by atoms with Crippen molar-refractivity contribution in [2.24, 2.45) is 0 Å². The van der Waals surface area contributed by atoms with Gasteiger partial charge in [-0.05, 0) is 36.7 Å². The Morgan fingerprint density at radius 1 is 1.19 bits per heavy atom. The molecule has 0 unspecified atom stereocenters. The van der Waals surface area contributed by atoms with Crippen LogP contribution in [-0.2, 0) is 0 Å². The summed E-state index contributed by atoms with van der Waals surface area (Å²) in [7, 11) is 0. The summed E-state index contributed by atoms with van der Waals surface area (Å²) >= 11 is 10.3. The van der Waals surface area contributed by atoms with E-state index in [1.54, 1.807) is 0 Å². The van der Waals surface area contributed by atoms with E-state index >= 15 is 0 Å². The zero-order chi connectivity index (χ0) is 15.1. The molecule has 21 heavy (non-hydrogen) atoms. The van der Waals surface area contributed by atoms with Crippen molar-refractivity contribution in [3.63, 3.8) is 0 Å². The fraction of sp³-hybridized carbons (Fsp3) is 0.0769. The number of fused-ring (bicyclic) bond motifs is 1. The number of halogens is 4. The van der Waals surface area contributed by atoms with Crippen LogP contribution in [0.4, 0.5) is 20.3 Å². The second-order valence-corrected chi connectivity index (χ2v) is 6.78. The van der Waals surface area contributed by atoms with E-state index in [2.05, 4.69) is 31.2 Å². The molecule has 0 atom stereocenters. The maximum atomic E-state index is 13.9. The highest BCUT2D eigenvalue weighted by Crippen LogP contribution is 2.33. The minimum atomic E-state index is -0.725. The minimum Gasteiger partial charge on any atom is -0.335 e. The highest BCUT2D eigenvalue weighted by Gasteiger charge is 2.15. The van der Waals surface area contributed by atoms with Crippen molar-refractivity contribution in [1.82, 2.24) is 9.97 Å². The van der Waals surface area contributed by atoms with Gasteiger partial charge in [-0.1, -0.05) is 15.9 Å². The Bertz CT molecular complexity index is 830. The molecule has 0 aliphatic rings. The van der Waals surface area contributed by atoms with E-state index in [-0.39, 0.29) is 16.8 Å². The van der Waals surface area contributed by atoms with Crippen LogP contribution in [0.2, 0.25) is 5.28 Å². The van der Waals surface area contributed by atoms with Crippen LogP contribution in [0.15, 0.2) is 22.7 Å². The van der Waals surface area contributed by atoms with Crippen molar-refractivity contribution in [1.29, 1.82) is 0 Å². The lowest BCUT2D eigenvalue weighted by molar-refractivity contribution is 0.589. The second kappa shape index (κ2) is 5.47. The fourth-order valence-corrected chi connectivity index (χ4v) is 3.39. The van der Waals surface area contributed by atoms with Crippen LogP contribution in [0.1, 0.15) is 4.88 Å². The van der Waals surface area contributed by atoms with Gasteiger partial charge < -0.3 is 5.32 Å². The maximum Gasteiger partial charge on any atom is 0.225 e. The first-order chi connectivity index (χ1) is 9.94. The summed E-state index contributed by atoms with van der Waals surface area (Å²) in [6, 6.07) is 4.18. The van der Waals surface area contributed by atoms with E-state index in [0.29, 0.717) is 14.7 Å². The zero-order valence-corrected chi connectivity index (χ0v) is 13.7. The predicted molar refractivity (Wildman–Crippen MR) is 84.5 cm³/mol. The van der Waals surface area contributed by atoms with Crippen LogP contribution in [-0.4, -0.2) is 9.97 Å². The van der Waals surface area contributed by atoms with Crippen LogP contribution in [0.5, 0.6) is 0 Å². The average molecular weight is 391 g/mol. The van der Waals surface area contributed by atoms with Crippen molar-refractivity contribution in [2.45, 2.75) is 6.92 Å². The number of rotatable bonds is 2. The van der Waals surface area contributed by atoms with Gasteiger partial charge in [-0.3, -0.25) is 0 Å². The highest BCUT2D eigenvalue weighted by atomic mass is 79.9. The molecule has 3 nitrogen and oxygen atoms in total. The molecule has 1 N–H and O–H groups in total. The van der Waals surface area contributed by atoms with Gasteiger partial charge in [0, 0.05) is 9.35 Å². The molecular formula is C13H7BrClF2N3S. The van der Waals surface area contributed by atoms with Gasteiger partial charge in [0.15, 0.2) is 11.6 Å². The first-order valence-electron chi connectivity index (χ1n) is 5.79. The van der Waals surface area contributed by atoms with E-state index < -0.39 is 11.6 Å². The molecular weight excluding hydrogens is 384 g/mol. The van der Waals surface area contributed by atoms with Gasteiger partial charge in [-0.2, -0.15) is 4.98 Å². The lowest BCUT2D eigenvalue weighted by Crippen LogP contribution is -2.01. The van der Waals surface area contributed by atoms with Crippen LogP contribution in [0.25, 0.3) is 10.2 Å². The van der Waals surface area contributed by atoms with Crippen molar-refractivity contribution in [3.8, 4) is 0 Å². The molecule has 0 radical (unpaired) electrons. The Morgan fingerprint density at radius 2 is 1.86 bits per heavy atom. The number of hydrogen-bond donors (Lipinski definition) is 1. The molecule has 0 saturated heterocycles. The average Bonchev–Trinajstić information content (AvgIpc) is 2.73. The first-order valence-corrected chi connectivity index (χ1v) is 7.78. The number of aryl methyl sites for hydroxylation is 1. The van der Waals surface area contributed by atoms with Crippen LogP contribution < -0.4 is 5.32 Å². The third-order valence-corrected chi connectivity index (χ3v) is 4.31. The number of anilines is 2. The molecule has 8 heteroatoms. The number of aromatic nitrogens is 2. The lowest BCUT2D eigenvalue weighted by atomic mass is 10.2. The van der Waals surface area contributed by atoms with E-state index in [0.717, 1.165) is 4.88 Å². The Morgan fingerprint density at radius 3 is 2.52 bits per heavy atom. The second-order valence-electron chi connectivity index (χ2n) is 4.29. The van der Waals surface area contributed by atoms with Crippen molar-refractivity contribution >= 4 is 60.6 Å². The van der Waals surface area contributed by atoms with E-state index in [1.165, 1.54) is 23.5 Å². The third kappa shape index (κ3) is 2.86. The molecule has 0 fully saturated rings. The SMILES string of the molecule is Cc1cc2c(Nc3c(F)cc(Br)cc3F)nc(Cl)nc2s1. The number of nitrogens with one attached hydrogen (secondary N) is 1. The van der Waals surface area contributed by atoms with E-state index in [9.17, 15) is 8.78 Å². The molecule has 2 aromatic heterocycles. The van der Waals surface area contributed by atoms with E-state index in [1.807, 2.05) is 13.0 Å².